The second kappa shape index (κ2) is 6.33. The summed E-state index contributed by atoms with van der Waals surface area (Å²) in [6.45, 7) is 0.724. The monoisotopic (exact) mass is 361 g/mol. The number of nitrogens with zero attached hydrogens (tertiary/aromatic N) is 2. The largest absolute Gasteiger partial charge is 0.379 e. The Kier molecular flexibility index (Phi) is 4.27. The van der Waals surface area contributed by atoms with Gasteiger partial charge in [0.2, 0.25) is 0 Å². The summed E-state index contributed by atoms with van der Waals surface area (Å²) in [6, 6.07) is 14.0. The molecular weight excluding hydrogens is 350 g/mol. The predicted molar refractivity (Wildman–Crippen MR) is 90.0 cm³/mol. The third kappa shape index (κ3) is 3.28. The maximum Gasteiger partial charge on any atom is 0.0992 e. The van der Waals surface area contributed by atoms with E-state index in [9.17, 15) is 0 Å². The summed E-state index contributed by atoms with van der Waals surface area (Å²) in [4.78, 5) is 4.08. The third-order valence-corrected chi connectivity index (χ3v) is 3.92. The lowest BCUT2D eigenvalue weighted by Crippen LogP contribution is -2.04. The minimum atomic E-state index is 0.687. The Labute approximate surface area is 136 Å². The zero-order valence-electron chi connectivity index (χ0n) is 11.1. The summed E-state index contributed by atoms with van der Waals surface area (Å²) in [6.07, 6.45) is 5.36. The van der Waals surface area contributed by atoms with Crippen LogP contribution in [0.25, 0.3) is 5.69 Å². The van der Waals surface area contributed by atoms with E-state index in [0.29, 0.717) is 5.02 Å². The molecule has 3 rings (SSSR count). The van der Waals surface area contributed by atoms with Crippen molar-refractivity contribution in [2.24, 2.45) is 0 Å². The molecule has 2 aromatic carbocycles. The Morgan fingerprint density at radius 2 is 2.05 bits per heavy atom. The van der Waals surface area contributed by atoms with Gasteiger partial charge in [-0.05, 0) is 29.8 Å². The van der Waals surface area contributed by atoms with Crippen molar-refractivity contribution < 1.29 is 0 Å². The number of nitrogens with one attached hydrogen (secondary N) is 1. The zero-order valence-corrected chi connectivity index (χ0v) is 13.5. The highest BCUT2D eigenvalue weighted by Crippen LogP contribution is 2.28. The van der Waals surface area contributed by atoms with Gasteiger partial charge in [-0.1, -0.05) is 45.7 Å². The van der Waals surface area contributed by atoms with Gasteiger partial charge in [0.05, 0.1) is 22.7 Å². The van der Waals surface area contributed by atoms with Gasteiger partial charge in [0, 0.05) is 23.4 Å². The van der Waals surface area contributed by atoms with E-state index in [1.54, 1.807) is 12.5 Å². The molecule has 0 saturated carbocycles. The molecule has 1 heterocycles. The van der Waals surface area contributed by atoms with Gasteiger partial charge in [0.1, 0.15) is 0 Å². The fourth-order valence-corrected chi connectivity index (χ4v) is 2.87. The summed E-state index contributed by atoms with van der Waals surface area (Å²) in [5.74, 6) is 0. The Morgan fingerprint density at radius 3 is 2.81 bits per heavy atom. The van der Waals surface area contributed by atoms with Gasteiger partial charge in [0.15, 0.2) is 0 Å². The number of rotatable bonds is 4. The number of aromatic nitrogens is 2. The Balaban J connectivity index is 1.88. The highest BCUT2D eigenvalue weighted by molar-refractivity contribution is 9.10. The van der Waals surface area contributed by atoms with Gasteiger partial charge in [-0.2, -0.15) is 0 Å². The molecule has 3 aromatic rings. The lowest BCUT2D eigenvalue weighted by molar-refractivity contribution is 1.04. The number of hydrogen-bond acceptors (Lipinski definition) is 2. The fourth-order valence-electron chi connectivity index (χ4n) is 2.16. The van der Waals surface area contributed by atoms with Gasteiger partial charge >= 0.3 is 0 Å². The first-order valence-electron chi connectivity index (χ1n) is 6.49. The predicted octanol–water partition coefficient (Wildman–Crippen LogP) is 4.90. The molecule has 0 atom stereocenters. The summed E-state index contributed by atoms with van der Waals surface area (Å²) in [5.41, 5.74) is 3.08. The third-order valence-electron chi connectivity index (χ3n) is 3.12. The minimum Gasteiger partial charge on any atom is -0.379 e. The SMILES string of the molecule is Clc1cccc(NCc2cccc(Br)c2)c1-n1ccnc1. The topological polar surface area (TPSA) is 29.9 Å². The van der Waals surface area contributed by atoms with E-state index in [-0.39, 0.29) is 0 Å². The Morgan fingerprint density at radius 1 is 1.19 bits per heavy atom. The standard InChI is InChI=1S/C16H13BrClN3/c17-13-4-1-3-12(9-13)10-20-15-6-2-5-14(18)16(15)21-8-7-19-11-21/h1-9,11,20H,10H2. The van der Waals surface area contributed by atoms with Crippen LogP contribution < -0.4 is 5.32 Å². The van der Waals surface area contributed by atoms with E-state index in [1.165, 1.54) is 5.56 Å². The molecule has 21 heavy (non-hydrogen) atoms. The van der Waals surface area contributed by atoms with Crippen LogP contribution in [-0.2, 0) is 6.54 Å². The van der Waals surface area contributed by atoms with Crippen molar-refractivity contribution in [2.75, 3.05) is 5.32 Å². The van der Waals surface area contributed by atoms with E-state index in [2.05, 4.69) is 38.4 Å². The van der Waals surface area contributed by atoms with Gasteiger partial charge in [-0.25, -0.2) is 4.98 Å². The molecule has 0 unspecified atom stereocenters. The summed E-state index contributed by atoms with van der Waals surface area (Å²) in [5, 5.41) is 4.12. The molecule has 5 heteroatoms. The second-order valence-corrected chi connectivity index (χ2v) is 5.91. The molecule has 0 aliphatic heterocycles. The normalized spacial score (nSPS) is 10.6. The maximum atomic E-state index is 6.33. The van der Waals surface area contributed by atoms with Crippen molar-refractivity contribution in [3.8, 4) is 5.69 Å². The van der Waals surface area contributed by atoms with Crippen LogP contribution in [0.1, 0.15) is 5.56 Å². The highest BCUT2D eigenvalue weighted by Gasteiger charge is 2.08. The van der Waals surface area contributed by atoms with Crippen LogP contribution in [0.15, 0.2) is 65.7 Å². The van der Waals surface area contributed by atoms with Gasteiger partial charge < -0.3 is 9.88 Å². The van der Waals surface area contributed by atoms with E-state index >= 15 is 0 Å². The molecule has 0 spiro atoms. The summed E-state index contributed by atoms with van der Waals surface area (Å²) in [7, 11) is 0. The molecule has 0 saturated heterocycles. The number of halogens is 2. The molecule has 0 aliphatic rings. The van der Waals surface area contributed by atoms with E-state index in [4.69, 9.17) is 11.6 Å². The van der Waals surface area contributed by atoms with Gasteiger partial charge in [-0.3, -0.25) is 0 Å². The molecule has 1 N–H and O–H groups in total. The van der Waals surface area contributed by atoms with E-state index in [0.717, 1.165) is 22.4 Å². The first-order valence-corrected chi connectivity index (χ1v) is 7.66. The van der Waals surface area contributed by atoms with Crippen LogP contribution in [0.4, 0.5) is 5.69 Å². The second-order valence-electron chi connectivity index (χ2n) is 4.59. The molecular formula is C16H13BrClN3. The van der Waals surface area contributed by atoms with Crippen LogP contribution in [-0.4, -0.2) is 9.55 Å². The van der Waals surface area contributed by atoms with E-state index in [1.807, 2.05) is 41.1 Å². The van der Waals surface area contributed by atoms with Crippen LogP contribution in [0, 0.1) is 0 Å². The summed E-state index contributed by atoms with van der Waals surface area (Å²) >= 11 is 9.82. The number of para-hydroxylation sites is 1. The molecule has 0 bridgehead atoms. The fraction of sp³-hybridized carbons (Fsp3) is 0.0625. The minimum absolute atomic E-state index is 0.687. The van der Waals surface area contributed by atoms with Gasteiger partial charge in [0.25, 0.3) is 0 Å². The number of benzene rings is 2. The Bertz CT molecular complexity index is 741. The molecule has 3 nitrogen and oxygen atoms in total. The molecule has 0 amide bonds. The molecule has 106 valence electrons. The van der Waals surface area contributed by atoms with Crippen LogP contribution in [0.5, 0.6) is 0 Å². The van der Waals surface area contributed by atoms with Crippen LogP contribution in [0.2, 0.25) is 5.02 Å². The molecule has 0 aliphatic carbocycles. The summed E-state index contributed by atoms with van der Waals surface area (Å²) < 4.78 is 2.98. The number of hydrogen-bond donors (Lipinski definition) is 1. The Hall–Kier alpha value is -1.78. The number of anilines is 1. The average molecular weight is 363 g/mol. The lowest BCUT2D eigenvalue weighted by atomic mass is 10.2. The molecule has 1 aromatic heterocycles. The van der Waals surface area contributed by atoms with Crippen molar-refractivity contribution in [1.82, 2.24) is 9.55 Å². The van der Waals surface area contributed by atoms with Crippen molar-refractivity contribution in [3.63, 3.8) is 0 Å². The van der Waals surface area contributed by atoms with Crippen molar-refractivity contribution in [3.05, 3.63) is 76.2 Å². The van der Waals surface area contributed by atoms with Crippen LogP contribution in [0.3, 0.4) is 0 Å². The van der Waals surface area contributed by atoms with Gasteiger partial charge in [-0.15, -0.1) is 0 Å². The first-order chi connectivity index (χ1) is 10.2. The van der Waals surface area contributed by atoms with Crippen molar-refractivity contribution in [1.29, 1.82) is 0 Å². The molecule has 0 fully saturated rings. The van der Waals surface area contributed by atoms with Crippen molar-refractivity contribution >= 4 is 33.2 Å². The van der Waals surface area contributed by atoms with Crippen molar-refractivity contribution in [2.45, 2.75) is 6.54 Å². The lowest BCUT2D eigenvalue weighted by Gasteiger charge is -2.14. The number of imidazole rings is 1. The molecule has 0 radical (unpaired) electrons. The zero-order chi connectivity index (χ0) is 14.7. The maximum absolute atomic E-state index is 6.33. The smallest absolute Gasteiger partial charge is 0.0992 e. The average Bonchev–Trinajstić information content (AvgIpc) is 2.99. The first kappa shape index (κ1) is 14.2. The van der Waals surface area contributed by atoms with E-state index < -0.39 is 0 Å². The van der Waals surface area contributed by atoms with Crippen LogP contribution >= 0.6 is 27.5 Å². The quantitative estimate of drug-likeness (QED) is 0.715. The highest BCUT2D eigenvalue weighted by atomic mass is 79.9.